The maximum absolute atomic E-state index is 11.2. The molecule has 0 aromatic carbocycles. The average Bonchev–Trinajstić information content (AvgIpc) is 2.94. The summed E-state index contributed by atoms with van der Waals surface area (Å²) in [7, 11) is 0. The van der Waals surface area contributed by atoms with E-state index in [1.54, 1.807) is 0 Å². The van der Waals surface area contributed by atoms with Crippen molar-refractivity contribution in [2.45, 2.75) is 63.2 Å². The maximum atomic E-state index is 11.2. The highest BCUT2D eigenvalue weighted by atomic mass is 16.4. The molecular weight excluding hydrogens is 230 g/mol. The molecule has 0 spiro atoms. The third-order valence-electron chi connectivity index (χ3n) is 4.50. The van der Waals surface area contributed by atoms with Crippen molar-refractivity contribution in [1.82, 2.24) is 4.98 Å². The summed E-state index contributed by atoms with van der Waals surface area (Å²) in [5.41, 5.74) is 0.689. The largest absolute Gasteiger partial charge is 0.475 e. The SMILES string of the molecule is CCC1(c2nc(C3CC3)c(C(=O)O)o2)CCCC1. The van der Waals surface area contributed by atoms with E-state index in [0.717, 1.165) is 32.1 Å². The first-order valence-corrected chi connectivity index (χ1v) is 6.91. The van der Waals surface area contributed by atoms with Gasteiger partial charge in [-0.05, 0) is 32.1 Å². The van der Waals surface area contributed by atoms with Gasteiger partial charge in [0.1, 0.15) is 0 Å². The second-order valence-corrected chi connectivity index (χ2v) is 5.65. The highest BCUT2D eigenvalue weighted by Gasteiger charge is 2.42. The van der Waals surface area contributed by atoms with Gasteiger partial charge in [0.15, 0.2) is 0 Å². The molecule has 0 aliphatic heterocycles. The normalized spacial score (nSPS) is 22.3. The molecule has 1 N–H and O–H groups in total. The van der Waals surface area contributed by atoms with E-state index in [-0.39, 0.29) is 11.2 Å². The van der Waals surface area contributed by atoms with Crippen LogP contribution in [0.3, 0.4) is 0 Å². The fraction of sp³-hybridized carbons (Fsp3) is 0.714. The summed E-state index contributed by atoms with van der Waals surface area (Å²) in [6.07, 6.45) is 7.61. The lowest BCUT2D eigenvalue weighted by Crippen LogP contribution is -2.21. The molecule has 2 saturated carbocycles. The minimum absolute atomic E-state index is 0.00264. The standard InChI is InChI=1S/C14H19NO3/c1-2-14(7-3-4-8-14)13-15-10(9-5-6-9)11(18-13)12(16)17/h9H,2-8H2,1H3,(H,16,17). The summed E-state index contributed by atoms with van der Waals surface area (Å²) in [6, 6.07) is 0. The maximum Gasteiger partial charge on any atom is 0.373 e. The fourth-order valence-corrected chi connectivity index (χ4v) is 3.12. The molecule has 0 atom stereocenters. The van der Waals surface area contributed by atoms with Crippen molar-refractivity contribution < 1.29 is 14.3 Å². The van der Waals surface area contributed by atoms with Gasteiger partial charge in [-0.1, -0.05) is 19.8 Å². The minimum atomic E-state index is -0.972. The lowest BCUT2D eigenvalue weighted by atomic mass is 9.83. The molecule has 3 rings (SSSR count). The van der Waals surface area contributed by atoms with Crippen molar-refractivity contribution in [2.75, 3.05) is 0 Å². The number of hydrogen-bond donors (Lipinski definition) is 1. The van der Waals surface area contributed by atoms with Crippen molar-refractivity contribution in [2.24, 2.45) is 0 Å². The molecule has 0 amide bonds. The predicted octanol–water partition coefficient (Wildman–Crippen LogP) is 3.47. The van der Waals surface area contributed by atoms with Gasteiger partial charge in [0.05, 0.1) is 5.69 Å². The monoisotopic (exact) mass is 249 g/mol. The molecule has 0 bridgehead atoms. The van der Waals surface area contributed by atoms with Gasteiger partial charge in [0.2, 0.25) is 11.7 Å². The molecule has 2 aliphatic rings. The van der Waals surface area contributed by atoms with Crippen LogP contribution in [0.5, 0.6) is 0 Å². The second kappa shape index (κ2) is 4.11. The number of aromatic carboxylic acids is 1. The molecule has 4 heteroatoms. The second-order valence-electron chi connectivity index (χ2n) is 5.65. The number of carbonyl (C=O) groups is 1. The summed E-state index contributed by atoms with van der Waals surface area (Å²) >= 11 is 0. The molecule has 1 heterocycles. The number of oxazole rings is 1. The summed E-state index contributed by atoms with van der Waals surface area (Å²) in [6.45, 7) is 2.15. The van der Waals surface area contributed by atoms with E-state index in [9.17, 15) is 9.90 Å². The average molecular weight is 249 g/mol. The molecule has 0 unspecified atom stereocenters. The van der Waals surface area contributed by atoms with Crippen molar-refractivity contribution in [1.29, 1.82) is 0 Å². The molecule has 1 aromatic rings. The molecule has 0 saturated heterocycles. The van der Waals surface area contributed by atoms with Gasteiger partial charge in [-0.3, -0.25) is 0 Å². The number of rotatable bonds is 4. The molecular formula is C14H19NO3. The number of hydrogen-bond acceptors (Lipinski definition) is 3. The fourth-order valence-electron chi connectivity index (χ4n) is 3.12. The first-order valence-electron chi connectivity index (χ1n) is 6.91. The Balaban J connectivity index is 2.01. The molecule has 2 aliphatic carbocycles. The zero-order valence-electron chi connectivity index (χ0n) is 10.7. The Morgan fingerprint density at radius 3 is 2.61 bits per heavy atom. The van der Waals surface area contributed by atoms with Crippen LogP contribution in [0, 0.1) is 0 Å². The Labute approximate surface area is 106 Å². The Hall–Kier alpha value is -1.32. The number of aromatic nitrogens is 1. The topological polar surface area (TPSA) is 63.3 Å². The van der Waals surface area contributed by atoms with E-state index in [1.165, 1.54) is 12.8 Å². The van der Waals surface area contributed by atoms with Crippen LogP contribution in [0.2, 0.25) is 0 Å². The third-order valence-corrected chi connectivity index (χ3v) is 4.50. The van der Waals surface area contributed by atoms with E-state index in [0.29, 0.717) is 17.5 Å². The van der Waals surface area contributed by atoms with Crippen LogP contribution in [0.4, 0.5) is 0 Å². The highest BCUT2D eigenvalue weighted by molar-refractivity contribution is 5.86. The molecule has 1 aromatic heterocycles. The zero-order chi connectivity index (χ0) is 12.8. The van der Waals surface area contributed by atoms with Crippen LogP contribution in [0.15, 0.2) is 4.42 Å². The van der Waals surface area contributed by atoms with Crippen LogP contribution in [-0.4, -0.2) is 16.1 Å². The number of carboxylic acids is 1. The molecule has 98 valence electrons. The molecule has 0 radical (unpaired) electrons. The van der Waals surface area contributed by atoms with Crippen LogP contribution in [0.1, 0.15) is 79.9 Å². The molecule has 4 nitrogen and oxygen atoms in total. The van der Waals surface area contributed by atoms with Crippen LogP contribution >= 0.6 is 0 Å². The van der Waals surface area contributed by atoms with Crippen LogP contribution < -0.4 is 0 Å². The zero-order valence-corrected chi connectivity index (χ0v) is 10.7. The first kappa shape index (κ1) is 11.8. The lowest BCUT2D eigenvalue weighted by Gasteiger charge is -2.22. The summed E-state index contributed by atoms with van der Waals surface area (Å²) in [5, 5.41) is 9.22. The Kier molecular flexibility index (Phi) is 2.68. The quantitative estimate of drug-likeness (QED) is 0.887. The van der Waals surface area contributed by atoms with Crippen molar-refractivity contribution >= 4 is 5.97 Å². The van der Waals surface area contributed by atoms with E-state index in [2.05, 4.69) is 11.9 Å². The highest BCUT2D eigenvalue weighted by Crippen LogP contribution is 2.47. The minimum Gasteiger partial charge on any atom is -0.475 e. The number of carboxylic acid groups (broad SMARTS) is 1. The van der Waals surface area contributed by atoms with Crippen LogP contribution in [0.25, 0.3) is 0 Å². The van der Waals surface area contributed by atoms with E-state index in [4.69, 9.17) is 4.42 Å². The Morgan fingerprint density at radius 1 is 1.44 bits per heavy atom. The number of nitrogens with zero attached hydrogens (tertiary/aromatic N) is 1. The lowest BCUT2D eigenvalue weighted by molar-refractivity contribution is 0.0655. The van der Waals surface area contributed by atoms with Crippen molar-refractivity contribution in [3.8, 4) is 0 Å². The van der Waals surface area contributed by atoms with E-state index >= 15 is 0 Å². The molecule has 2 fully saturated rings. The van der Waals surface area contributed by atoms with Gasteiger partial charge in [0, 0.05) is 11.3 Å². The summed E-state index contributed by atoms with van der Waals surface area (Å²) in [5.74, 6) is 0.123. The van der Waals surface area contributed by atoms with Crippen LogP contribution in [-0.2, 0) is 5.41 Å². The third kappa shape index (κ3) is 1.74. The van der Waals surface area contributed by atoms with E-state index < -0.39 is 5.97 Å². The van der Waals surface area contributed by atoms with E-state index in [1.807, 2.05) is 0 Å². The van der Waals surface area contributed by atoms with Gasteiger partial charge in [0.25, 0.3) is 0 Å². The van der Waals surface area contributed by atoms with Gasteiger partial charge >= 0.3 is 5.97 Å². The van der Waals surface area contributed by atoms with Gasteiger partial charge in [-0.15, -0.1) is 0 Å². The smallest absolute Gasteiger partial charge is 0.373 e. The predicted molar refractivity (Wildman–Crippen MR) is 65.9 cm³/mol. The summed E-state index contributed by atoms with van der Waals surface area (Å²) in [4.78, 5) is 15.8. The van der Waals surface area contributed by atoms with Gasteiger partial charge < -0.3 is 9.52 Å². The Morgan fingerprint density at radius 2 is 2.11 bits per heavy atom. The van der Waals surface area contributed by atoms with Gasteiger partial charge in [-0.25, -0.2) is 9.78 Å². The van der Waals surface area contributed by atoms with Crippen molar-refractivity contribution in [3.63, 3.8) is 0 Å². The summed E-state index contributed by atoms with van der Waals surface area (Å²) < 4.78 is 5.65. The Bertz CT molecular complexity index is 467. The van der Waals surface area contributed by atoms with Crippen molar-refractivity contribution in [3.05, 3.63) is 17.3 Å². The van der Waals surface area contributed by atoms with Gasteiger partial charge in [-0.2, -0.15) is 0 Å². The molecule has 18 heavy (non-hydrogen) atoms. The first-order chi connectivity index (χ1) is 8.66.